The van der Waals surface area contributed by atoms with Gasteiger partial charge in [0.2, 0.25) is 0 Å². The van der Waals surface area contributed by atoms with Crippen molar-refractivity contribution < 1.29 is 9.84 Å². The maximum absolute atomic E-state index is 9.24. The van der Waals surface area contributed by atoms with Crippen molar-refractivity contribution in [1.82, 2.24) is 0 Å². The lowest BCUT2D eigenvalue weighted by Gasteiger charge is -2.35. The van der Waals surface area contributed by atoms with Gasteiger partial charge in [-0.05, 0) is 37.8 Å². The van der Waals surface area contributed by atoms with Crippen molar-refractivity contribution in [2.75, 3.05) is 6.61 Å². The Morgan fingerprint density at radius 2 is 2.29 bits per heavy atom. The quantitative estimate of drug-likeness (QED) is 0.738. The Labute approximate surface area is 84.5 Å². The summed E-state index contributed by atoms with van der Waals surface area (Å²) in [6.07, 6.45) is 1.88. The van der Waals surface area contributed by atoms with E-state index in [1.54, 1.807) is 0 Å². The van der Waals surface area contributed by atoms with Crippen LogP contribution in [0.5, 0.6) is 5.75 Å². The highest BCUT2D eigenvalue weighted by atomic mass is 16.5. The molecule has 2 rings (SSSR count). The summed E-state index contributed by atoms with van der Waals surface area (Å²) in [5.41, 5.74) is 2.02. The summed E-state index contributed by atoms with van der Waals surface area (Å²) in [6.45, 7) is 4.09. The van der Waals surface area contributed by atoms with Crippen LogP contribution in [0.4, 0.5) is 0 Å². The maximum atomic E-state index is 9.24. The number of benzene rings is 1. The van der Waals surface area contributed by atoms with Crippen molar-refractivity contribution in [3.8, 4) is 5.75 Å². The number of rotatable bonds is 1. The lowest BCUT2D eigenvalue weighted by Crippen LogP contribution is -2.40. The molecule has 14 heavy (non-hydrogen) atoms. The highest BCUT2D eigenvalue weighted by molar-refractivity contribution is 5.42. The molecule has 2 heteroatoms. The first-order valence-electron chi connectivity index (χ1n) is 5.03. The molecule has 0 spiro atoms. The van der Waals surface area contributed by atoms with Crippen molar-refractivity contribution in [2.24, 2.45) is 0 Å². The van der Waals surface area contributed by atoms with Crippen molar-refractivity contribution in [3.05, 3.63) is 29.3 Å². The fourth-order valence-electron chi connectivity index (χ4n) is 1.86. The Balaban J connectivity index is 2.38. The Morgan fingerprint density at radius 3 is 3.00 bits per heavy atom. The Kier molecular flexibility index (Phi) is 2.23. The minimum atomic E-state index is -0.390. The molecule has 0 unspecified atom stereocenters. The summed E-state index contributed by atoms with van der Waals surface area (Å²) < 4.78 is 5.85. The van der Waals surface area contributed by atoms with E-state index in [1.807, 2.05) is 19.9 Å². The van der Waals surface area contributed by atoms with Crippen LogP contribution in [0.1, 0.15) is 24.5 Å². The molecule has 1 aromatic rings. The molecule has 2 nitrogen and oxygen atoms in total. The standard InChI is InChI=1S/C12H16O2/c1-9-4-3-5-10-6-7-12(2,8-13)14-11(9)10/h3-5,13H,6-8H2,1-2H3/t12-/m0/s1. The first kappa shape index (κ1) is 9.53. The zero-order valence-corrected chi connectivity index (χ0v) is 8.71. The van der Waals surface area contributed by atoms with E-state index in [0.717, 1.165) is 24.2 Å². The third kappa shape index (κ3) is 1.50. The van der Waals surface area contributed by atoms with Gasteiger partial charge < -0.3 is 9.84 Å². The molecular weight excluding hydrogens is 176 g/mol. The SMILES string of the molecule is Cc1cccc2c1O[C@](C)(CO)CC2. The summed E-state index contributed by atoms with van der Waals surface area (Å²) in [7, 11) is 0. The van der Waals surface area contributed by atoms with E-state index in [2.05, 4.69) is 12.1 Å². The van der Waals surface area contributed by atoms with Crippen LogP contribution in [0, 0.1) is 6.92 Å². The second-order valence-corrected chi connectivity index (χ2v) is 4.27. The summed E-state index contributed by atoms with van der Waals surface area (Å²) in [5, 5.41) is 9.24. The maximum Gasteiger partial charge on any atom is 0.129 e. The number of hydrogen-bond donors (Lipinski definition) is 1. The van der Waals surface area contributed by atoms with E-state index < -0.39 is 0 Å². The van der Waals surface area contributed by atoms with Gasteiger partial charge in [0.25, 0.3) is 0 Å². The van der Waals surface area contributed by atoms with E-state index >= 15 is 0 Å². The number of fused-ring (bicyclic) bond motifs is 1. The molecular formula is C12H16O2. The topological polar surface area (TPSA) is 29.5 Å². The molecule has 1 aromatic carbocycles. The minimum Gasteiger partial charge on any atom is -0.485 e. The third-order valence-electron chi connectivity index (χ3n) is 2.90. The van der Waals surface area contributed by atoms with Gasteiger partial charge in [-0.25, -0.2) is 0 Å². The molecule has 1 aliphatic rings. The van der Waals surface area contributed by atoms with E-state index in [-0.39, 0.29) is 12.2 Å². The van der Waals surface area contributed by atoms with Crippen LogP contribution in [-0.2, 0) is 6.42 Å². The number of hydrogen-bond acceptors (Lipinski definition) is 2. The zero-order chi connectivity index (χ0) is 10.2. The molecule has 1 aliphatic heterocycles. The van der Waals surface area contributed by atoms with Crippen molar-refractivity contribution in [1.29, 1.82) is 0 Å². The van der Waals surface area contributed by atoms with Crippen LogP contribution >= 0.6 is 0 Å². The molecule has 0 fully saturated rings. The lowest BCUT2D eigenvalue weighted by molar-refractivity contribution is 0.00750. The zero-order valence-electron chi connectivity index (χ0n) is 8.71. The smallest absolute Gasteiger partial charge is 0.129 e. The largest absolute Gasteiger partial charge is 0.485 e. The lowest BCUT2D eigenvalue weighted by atomic mass is 9.92. The molecule has 1 heterocycles. The molecule has 0 saturated carbocycles. The second-order valence-electron chi connectivity index (χ2n) is 4.27. The summed E-state index contributed by atoms with van der Waals surface area (Å²) in [5.74, 6) is 0.968. The molecule has 0 aliphatic carbocycles. The van der Waals surface area contributed by atoms with E-state index in [4.69, 9.17) is 4.74 Å². The first-order valence-corrected chi connectivity index (χ1v) is 5.03. The average Bonchev–Trinajstić information content (AvgIpc) is 2.20. The van der Waals surface area contributed by atoms with Gasteiger partial charge >= 0.3 is 0 Å². The van der Waals surface area contributed by atoms with Crippen LogP contribution in [0.25, 0.3) is 0 Å². The van der Waals surface area contributed by atoms with E-state index in [9.17, 15) is 5.11 Å². The Morgan fingerprint density at radius 1 is 1.50 bits per heavy atom. The van der Waals surface area contributed by atoms with Crippen LogP contribution in [0.2, 0.25) is 0 Å². The normalized spacial score (nSPS) is 25.4. The molecule has 76 valence electrons. The molecule has 0 radical (unpaired) electrons. The van der Waals surface area contributed by atoms with Crippen molar-refractivity contribution in [3.63, 3.8) is 0 Å². The predicted molar refractivity (Wildman–Crippen MR) is 55.6 cm³/mol. The summed E-state index contributed by atoms with van der Waals surface area (Å²) in [4.78, 5) is 0. The fourth-order valence-corrected chi connectivity index (χ4v) is 1.86. The van der Waals surface area contributed by atoms with E-state index in [1.165, 1.54) is 5.56 Å². The van der Waals surface area contributed by atoms with Crippen molar-refractivity contribution >= 4 is 0 Å². The first-order chi connectivity index (χ1) is 6.64. The van der Waals surface area contributed by atoms with Gasteiger partial charge in [-0.1, -0.05) is 18.2 Å². The van der Waals surface area contributed by atoms with Crippen LogP contribution in [-0.4, -0.2) is 17.3 Å². The monoisotopic (exact) mass is 192 g/mol. The average molecular weight is 192 g/mol. The molecule has 0 amide bonds. The van der Waals surface area contributed by atoms with Crippen LogP contribution in [0.3, 0.4) is 0 Å². The van der Waals surface area contributed by atoms with Gasteiger partial charge in [-0.3, -0.25) is 0 Å². The van der Waals surface area contributed by atoms with Crippen molar-refractivity contribution in [2.45, 2.75) is 32.3 Å². The predicted octanol–water partition coefficient (Wildman–Crippen LogP) is 2.07. The number of aryl methyl sites for hydroxylation is 2. The number of ether oxygens (including phenoxy) is 1. The third-order valence-corrected chi connectivity index (χ3v) is 2.90. The highest BCUT2D eigenvalue weighted by Gasteiger charge is 2.31. The van der Waals surface area contributed by atoms with Gasteiger partial charge in [-0.15, -0.1) is 0 Å². The van der Waals surface area contributed by atoms with E-state index in [0.29, 0.717) is 0 Å². The molecule has 0 aromatic heterocycles. The van der Waals surface area contributed by atoms with Crippen LogP contribution < -0.4 is 4.74 Å². The Hall–Kier alpha value is -1.02. The summed E-state index contributed by atoms with van der Waals surface area (Å²) >= 11 is 0. The molecule has 1 atom stereocenters. The summed E-state index contributed by atoms with van der Waals surface area (Å²) in [6, 6.07) is 6.19. The van der Waals surface area contributed by atoms with Gasteiger partial charge in [0, 0.05) is 0 Å². The van der Waals surface area contributed by atoms with Gasteiger partial charge in [0.15, 0.2) is 0 Å². The molecule has 0 bridgehead atoms. The molecule has 1 N–H and O–H groups in total. The molecule has 0 saturated heterocycles. The number of aliphatic hydroxyl groups is 1. The number of aliphatic hydroxyl groups excluding tert-OH is 1. The fraction of sp³-hybridized carbons (Fsp3) is 0.500. The minimum absolute atomic E-state index is 0.0841. The highest BCUT2D eigenvalue weighted by Crippen LogP contribution is 2.35. The van der Waals surface area contributed by atoms with Gasteiger partial charge in [-0.2, -0.15) is 0 Å². The number of para-hydroxylation sites is 1. The second kappa shape index (κ2) is 3.28. The van der Waals surface area contributed by atoms with Crippen LogP contribution in [0.15, 0.2) is 18.2 Å². The van der Waals surface area contributed by atoms with Gasteiger partial charge in [0.1, 0.15) is 11.4 Å². The Bertz CT molecular complexity index is 346. The van der Waals surface area contributed by atoms with Gasteiger partial charge in [0.05, 0.1) is 6.61 Å².